The van der Waals surface area contributed by atoms with Gasteiger partial charge in [-0.1, -0.05) is 26.3 Å². The summed E-state index contributed by atoms with van der Waals surface area (Å²) < 4.78 is 14.7. The Kier molecular flexibility index (Phi) is 9.00. The maximum Gasteiger partial charge on any atom is 0.189 e. The van der Waals surface area contributed by atoms with Crippen molar-refractivity contribution >= 4 is 29.7 Å². The van der Waals surface area contributed by atoms with Gasteiger partial charge in [-0.05, 0) is 32.4 Å². The molecule has 0 saturated heterocycles. The molecule has 0 spiro atoms. The highest BCUT2D eigenvalue weighted by Crippen LogP contribution is 2.30. The molecule has 148 valence electrons. The third-order valence-electron chi connectivity index (χ3n) is 3.95. The minimum atomic E-state index is 0.0215. The number of aromatic nitrogens is 1. The molecular formula is C19H29FN6S. The van der Waals surface area contributed by atoms with Gasteiger partial charge in [0.2, 0.25) is 0 Å². The Hall–Kier alpha value is -2.35. The van der Waals surface area contributed by atoms with Crippen molar-refractivity contribution in [1.29, 1.82) is 0 Å². The van der Waals surface area contributed by atoms with Gasteiger partial charge in [-0.2, -0.15) is 9.52 Å². The third-order valence-corrected chi connectivity index (χ3v) is 4.34. The predicted octanol–water partition coefficient (Wildman–Crippen LogP) is 4.79. The quantitative estimate of drug-likeness (QED) is 0.730. The lowest BCUT2D eigenvalue weighted by Gasteiger charge is -2.18. The maximum absolute atomic E-state index is 13.5. The maximum atomic E-state index is 13.5. The Morgan fingerprint density at radius 2 is 2.04 bits per heavy atom. The molecule has 0 saturated carbocycles. The average molecular weight is 393 g/mol. The summed E-state index contributed by atoms with van der Waals surface area (Å²) in [5.41, 5.74) is 9.97. The van der Waals surface area contributed by atoms with Gasteiger partial charge in [-0.15, -0.1) is 3.89 Å². The largest absolute Gasteiger partial charge is 0.384 e. The second kappa shape index (κ2) is 10.7. The first-order chi connectivity index (χ1) is 12.9. The number of rotatable bonds is 5. The lowest BCUT2D eigenvalue weighted by molar-refractivity contribution is 0.512. The number of amidine groups is 1. The number of nitrogens with two attached hydrogens (primary N) is 1. The van der Waals surface area contributed by atoms with Crippen LogP contribution in [0.4, 0.5) is 9.70 Å². The smallest absolute Gasteiger partial charge is 0.189 e. The minimum Gasteiger partial charge on any atom is -0.384 e. The van der Waals surface area contributed by atoms with Crippen LogP contribution in [0.2, 0.25) is 0 Å². The Morgan fingerprint density at radius 1 is 1.37 bits per heavy atom. The first kappa shape index (κ1) is 22.7. The summed E-state index contributed by atoms with van der Waals surface area (Å²) in [5, 5.41) is 4.40. The molecule has 1 aromatic heterocycles. The van der Waals surface area contributed by atoms with Crippen molar-refractivity contribution in [1.82, 2.24) is 14.3 Å². The van der Waals surface area contributed by atoms with Gasteiger partial charge in [0, 0.05) is 37.8 Å². The number of nitrogens with zero attached hydrogens (tertiary/aromatic N) is 5. The molecule has 2 N–H and O–H groups in total. The molecule has 0 atom stereocenters. The van der Waals surface area contributed by atoms with E-state index in [4.69, 9.17) is 5.73 Å². The molecule has 1 aliphatic heterocycles. The molecule has 8 heteroatoms. The van der Waals surface area contributed by atoms with Crippen molar-refractivity contribution in [2.45, 2.75) is 41.0 Å². The van der Waals surface area contributed by atoms with Crippen LogP contribution in [0.25, 0.3) is 0 Å². The molecule has 0 amide bonds. The van der Waals surface area contributed by atoms with Gasteiger partial charge in [-0.3, -0.25) is 0 Å². The van der Waals surface area contributed by atoms with Gasteiger partial charge in [0.05, 0.1) is 5.57 Å². The summed E-state index contributed by atoms with van der Waals surface area (Å²) in [6, 6.07) is 3.52. The van der Waals surface area contributed by atoms with Gasteiger partial charge < -0.3 is 10.6 Å². The van der Waals surface area contributed by atoms with E-state index in [0.29, 0.717) is 17.4 Å². The highest BCUT2D eigenvalue weighted by atomic mass is 32.2. The van der Waals surface area contributed by atoms with Crippen LogP contribution in [0.1, 0.15) is 46.6 Å². The van der Waals surface area contributed by atoms with Gasteiger partial charge in [0.15, 0.2) is 18.2 Å². The number of allylic oxidation sites excluding steroid dienone is 2. The predicted molar refractivity (Wildman–Crippen MR) is 115 cm³/mol. The number of nitrogen functional groups attached to an aromatic ring is 1. The average Bonchev–Trinajstić information content (AvgIpc) is 3.05. The third kappa shape index (κ3) is 5.56. The molecule has 6 nitrogen and oxygen atoms in total. The van der Waals surface area contributed by atoms with E-state index in [0.717, 1.165) is 28.8 Å². The molecule has 0 fully saturated rings. The first-order valence-electron chi connectivity index (χ1n) is 8.90. The van der Waals surface area contributed by atoms with E-state index in [1.165, 1.54) is 4.41 Å². The summed E-state index contributed by atoms with van der Waals surface area (Å²) >= 11 is 0.0215. The van der Waals surface area contributed by atoms with Crippen LogP contribution in [0.5, 0.6) is 0 Å². The van der Waals surface area contributed by atoms with Crippen LogP contribution < -0.4 is 5.73 Å². The lowest BCUT2D eigenvalue weighted by Crippen LogP contribution is -2.21. The summed E-state index contributed by atoms with van der Waals surface area (Å²) in [4.78, 5) is 10.5. The molecular weight excluding hydrogens is 363 g/mol. The Labute approximate surface area is 166 Å². The summed E-state index contributed by atoms with van der Waals surface area (Å²) in [5.74, 6) is 0.838. The molecule has 0 aromatic carbocycles. The van der Waals surface area contributed by atoms with Crippen molar-refractivity contribution in [3.63, 3.8) is 0 Å². The molecule has 2 rings (SSSR count). The Balaban J connectivity index is 0.00000176. The van der Waals surface area contributed by atoms with Gasteiger partial charge in [-0.25, -0.2) is 9.98 Å². The zero-order chi connectivity index (χ0) is 20.6. The van der Waals surface area contributed by atoms with Crippen molar-refractivity contribution in [3.05, 3.63) is 46.9 Å². The highest BCUT2D eigenvalue weighted by molar-refractivity contribution is 7.92. The molecule has 27 heavy (non-hydrogen) atoms. The van der Waals surface area contributed by atoms with Crippen LogP contribution in [0.3, 0.4) is 0 Å². The molecule has 0 radical (unpaired) electrons. The van der Waals surface area contributed by atoms with Crippen LogP contribution in [-0.4, -0.2) is 39.9 Å². The standard InChI is InChI=1S/C17H23FN6S.C2H6/c1-6-11(2)10-21-17-15(12(3)23(4)5)16(22-24(17)25-18)13-7-8-20-14(19)9-13;1-2/h7-10H,6H2,1-5H3,(H2,19,20);1-2H3/b11-10+,15-12+,21-17-;. The lowest BCUT2D eigenvalue weighted by atomic mass is 10.0. The van der Waals surface area contributed by atoms with E-state index in [9.17, 15) is 3.89 Å². The van der Waals surface area contributed by atoms with E-state index in [1.54, 1.807) is 24.5 Å². The SMILES string of the molecule is CC.CC/C(C)=C/N=C1/C(=C(\C)N(C)C)C(c2ccnc(N)c2)=NN1SF. The van der Waals surface area contributed by atoms with Crippen molar-refractivity contribution < 1.29 is 3.89 Å². The van der Waals surface area contributed by atoms with E-state index < -0.39 is 0 Å². The molecule has 0 aliphatic carbocycles. The van der Waals surface area contributed by atoms with E-state index in [2.05, 4.69) is 15.1 Å². The second-order valence-corrected chi connectivity index (χ2v) is 6.38. The van der Waals surface area contributed by atoms with Gasteiger partial charge >= 0.3 is 0 Å². The Bertz CT molecular complexity index is 767. The van der Waals surface area contributed by atoms with Crippen LogP contribution >= 0.6 is 12.3 Å². The van der Waals surface area contributed by atoms with Crippen molar-refractivity contribution in [3.8, 4) is 0 Å². The molecule has 1 aliphatic rings. The number of pyridine rings is 1. The number of aliphatic imine (C=N–C) groups is 1. The summed E-state index contributed by atoms with van der Waals surface area (Å²) in [6.45, 7) is 9.99. The number of halogens is 1. The van der Waals surface area contributed by atoms with Crippen molar-refractivity contribution in [2.75, 3.05) is 19.8 Å². The first-order valence-corrected chi connectivity index (χ1v) is 9.58. The number of hydrazone groups is 1. The van der Waals surface area contributed by atoms with Crippen molar-refractivity contribution in [2.24, 2.45) is 10.1 Å². The van der Waals surface area contributed by atoms with Gasteiger partial charge in [0.1, 0.15) is 11.5 Å². The fourth-order valence-electron chi connectivity index (χ4n) is 2.17. The normalized spacial score (nSPS) is 17.5. The molecule has 0 bridgehead atoms. The topological polar surface area (TPSA) is 70.1 Å². The fourth-order valence-corrected chi connectivity index (χ4v) is 2.49. The van der Waals surface area contributed by atoms with E-state index in [-0.39, 0.29) is 12.3 Å². The zero-order valence-electron chi connectivity index (χ0n) is 17.1. The molecule has 2 heterocycles. The highest BCUT2D eigenvalue weighted by Gasteiger charge is 2.32. The van der Waals surface area contributed by atoms with Crippen LogP contribution in [0, 0.1) is 0 Å². The van der Waals surface area contributed by atoms with Gasteiger partial charge in [0.25, 0.3) is 0 Å². The monoisotopic (exact) mass is 392 g/mol. The van der Waals surface area contributed by atoms with Crippen LogP contribution in [-0.2, 0) is 0 Å². The molecule has 0 unspecified atom stereocenters. The summed E-state index contributed by atoms with van der Waals surface area (Å²) in [7, 11) is 3.85. The zero-order valence-corrected chi connectivity index (χ0v) is 17.9. The fraction of sp³-hybridized carbons (Fsp3) is 0.421. The second-order valence-electron chi connectivity index (χ2n) is 5.90. The number of anilines is 1. The minimum absolute atomic E-state index is 0.0215. The Morgan fingerprint density at radius 3 is 2.56 bits per heavy atom. The van der Waals surface area contributed by atoms with E-state index >= 15 is 0 Å². The van der Waals surface area contributed by atoms with E-state index in [1.807, 2.05) is 53.6 Å². The summed E-state index contributed by atoms with van der Waals surface area (Å²) in [6.07, 6.45) is 4.24. The number of hydrogen-bond acceptors (Lipinski definition) is 6. The number of hydrogen-bond donors (Lipinski definition) is 1. The molecule has 1 aromatic rings. The van der Waals surface area contributed by atoms with Crippen LogP contribution in [0.15, 0.2) is 51.5 Å².